The highest BCUT2D eigenvalue weighted by Gasteiger charge is 2.34. The van der Waals surface area contributed by atoms with E-state index in [-0.39, 0.29) is 0 Å². The molecule has 9 nitrogen and oxygen atoms in total. The largest absolute Gasteiger partial charge is 0.341 e. The highest BCUT2D eigenvalue weighted by atomic mass is 16.2. The summed E-state index contributed by atoms with van der Waals surface area (Å²) in [6.07, 6.45) is 0.436. The van der Waals surface area contributed by atoms with Crippen LogP contribution in [0.15, 0.2) is 30.3 Å². The number of piperazine rings is 1. The Morgan fingerprint density at radius 1 is 1.20 bits per heavy atom. The van der Waals surface area contributed by atoms with Crippen molar-refractivity contribution in [3.8, 4) is 0 Å². The molecule has 1 aromatic carbocycles. The number of carbonyl (C=O) groups excluding carboxylic acids is 4. The number of aldehydes is 1. The third-order valence-electron chi connectivity index (χ3n) is 3.73. The van der Waals surface area contributed by atoms with Crippen LogP contribution >= 0.6 is 0 Å². The molecule has 1 saturated heterocycles. The van der Waals surface area contributed by atoms with Crippen LogP contribution in [-0.4, -0.2) is 74.0 Å². The van der Waals surface area contributed by atoms with Crippen LogP contribution in [0.2, 0.25) is 0 Å². The Balaban J connectivity index is 2.36. The highest BCUT2D eigenvalue weighted by Crippen LogP contribution is 2.18. The molecule has 0 bridgehead atoms. The van der Waals surface area contributed by atoms with Gasteiger partial charge < -0.3 is 20.3 Å². The fraction of sp³-hybridized carbons (Fsp3) is 0.375. The van der Waals surface area contributed by atoms with Gasteiger partial charge in [-0.05, 0) is 12.1 Å². The maximum Gasteiger partial charge on any atom is 0.341 e. The molecule has 0 radical (unpaired) electrons. The normalized spacial score (nSPS) is 13.7. The van der Waals surface area contributed by atoms with E-state index in [1.54, 1.807) is 30.3 Å². The number of para-hydroxylation sites is 1. The van der Waals surface area contributed by atoms with Gasteiger partial charge in [-0.2, -0.15) is 0 Å². The third-order valence-corrected chi connectivity index (χ3v) is 3.73. The van der Waals surface area contributed by atoms with Crippen molar-refractivity contribution in [3.63, 3.8) is 0 Å². The van der Waals surface area contributed by atoms with Gasteiger partial charge in [-0.25, -0.2) is 24.2 Å². The number of urea groups is 3. The number of amides is 6. The van der Waals surface area contributed by atoms with Gasteiger partial charge in [-0.15, -0.1) is 0 Å². The number of nitrogens with zero attached hydrogens (tertiary/aromatic N) is 3. The molecule has 6 amide bonds. The van der Waals surface area contributed by atoms with Crippen molar-refractivity contribution in [1.82, 2.24) is 20.4 Å². The minimum atomic E-state index is -0.874. The zero-order chi connectivity index (χ0) is 18.2. The van der Waals surface area contributed by atoms with Crippen LogP contribution in [0.4, 0.5) is 20.1 Å². The Labute approximate surface area is 145 Å². The quantitative estimate of drug-likeness (QED) is 0.774. The first-order valence-corrected chi connectivity index (χ1v) is 7.91. The summed E-state index contributed by atoms with van der Waals surface area (Å²) in [5, 5.41) is 5.43. The predicted molar refractivity (Wildman–Crippen MR) is 91.4 cm³/mol. The van der Waals surface area contributed by atoms with Crippen LogP contribution < -0.4 is 15.5 Å². The van der Waals surface area contributed by atoms with Crippen molar-refractivity contribution in [2.45, 2.75) is 0 Å². The van der Waals surface area contributed by atoms with Crippen molar-refractivity contribution in [3.05, 3.63) is 30.3 Å². The first kappa shape index (κ1) is 18.4. The van der Waals surface area contributed by atoms with Gasteiger partial charge in [0.1, 0.15) is 6.29 Å². The highest BCUT2D eigenvalue weighted by molar-refractivity contribution is 6.17. The van der Waals surface area contributed by atoms with Crippen molar-refractivity contribution in [2.75, 3.05) is 44.7 Å². The van der Waals surface area contributed by atoms with Crippen molar-refractivity contribution in [2.24, 2.45) is 0 Å². The lowest BCUT2D eigenvalue weighted by molar-refractivity contribution is -0.108. The summed E-state index contributed by atoms with van der Waals surface area (Å²) in [6, 6.07) is 6.16. The number of imide groups is 2. The first-order chi connectivity index (χ1) is 12.1. The lowest BCUT2D eigenvalue weighted by atomic mass is 10.3. The van der Waals surface area contributed by atoms with Gasteiger partial charge in [0.25, 0.3) is 0 Å². The molecular formula is C16H21N5O4. The SMILES string of the molecule is CNC(=O)N(CC=O)C(=O)N(C(=O)N1CCNCC1)c1ccccc1. The maximum atomic E-state index is 12.9. The van der Waals surface area contributed by atoms with Crippen LogP contribution in [0.5, 0.6) is 0 Å². The van der Waals surface area contributed by atoms with Gasteiger partial charge in [0.15, 0.2) is 0 Å². The van der Waals surface area contributed by atoms with Crippen LogP contribution in [0.3, 0.4) is 0 Å². The minimum absolute atomic E-state index is 0.329. The lowest BCUT2D eigenvalue weighted by Crippen LogP contribution is -2.57. The Kier molecular flexibility index (Phi) is 6.47. The van der Waals surface area contributed by atoms with Gasteiger partial charge in [0.2, 0.25) is 0 Å². The number of hydrogen-bond donors (Lipinski definition) is 2. The zero-order valence-electron chi connectivity index (χ0n) is 14.0. The Morgan fingerprint density at radius 3 is 2.40 bits per heavy atom. The fourth-order valence-corrected chi connectivity index (χ4v) is 2.46. The molecule has 0 saturated carbocycles. The molecule has 25 heavy (non-hydrogen) atoms. The standard InChI is InChI=1S/C16H21N5O4/c1-17-14(23)20(11-12-22)16(25)21(13-5-3-2-4-6-13)15(24)19-9-7-18-8-10-19/h2-6,12,18H,7-11H2,1H3,(H,17,23). The maximum absolute atomic E-state index is 12.9. The molecule has 1 aliphatic heterocycles. The minimum Gasteiger partial charge on any atom is -0.341 e. The molecule has 0 atom stereocenters. The van der Waals surface area contributed by atoms with Gasteiger partial charge in [-0.3, -0.25) is 0 Å². The molecular weight excluding hydrogens is 326 g/mol. The average Bonchev–Trinajstić information content (AvgIpc) is 2.67. The summed E-state index contributed by atoms with van der Waals surface area (Å²) in [5.41, 5.74) is 0.329. The van der Waals surface area contributed by atoms with E-state index in [9.17, 15) is 19.2 Å². The molecule has 1 fully saturated rings. The Bertz CT molecular complexity index is 631. The second-order valence-corrected chi connectivity index (χ2v) is 5.31. The molecule has 1 aliphatic rings. The topological polar surface area (TPSA) is 102 Å². The summed E-state index contributed by atoms with van der Waals surface area (Å²) in [5.74, 6) is 0. The number of rotatable bonds is 3. The monoisotopic (exact) mass is 347 g/mol. The smallest absolute Gasteiger partial charge is 0.341 e. The number of nitrogens with one attached hydrogen (secondary N) is 2. The molecule has 0 spiro atoms. The fourth-order valence-electron chi connectivity index (χ4n) is 2.46. The number of benzene rings is 1. The average molecular weight is 347 g/mol. The van der Waals surface area contributed by atoms with Gasteiger partial charge in [-0.1, -0.05) is 18.2 Å². The zero-order valence-corrected chi connectivity index (χ0v) is 14.0. The summed E-state index contributed by atoms with van der Waals surface area (Å²) < 4.78 is 0. The van der Waals surface area contributed by atoms with Crippen LogP contribution in [0, 0.1) is 0 Å². The van der Waals surface area contributed by atoms with Crippen molar-refractivity contribution in [1.29, 1.82) is 0 Å². The molecule has 0 aromatic heterocycles. The van der Waals surface area contributed by atoms with E-state index in [0.29, 0.717) is 43.1 Å². The Hall–Kier alpha value is -2.94. The van der Waals surface area contributed by atoms with E-state index in [1.165, 1.54) is 11.9 Å². The number of hydrogen-bond acceptors (Lipinski definition) is 5. The molecule has 9 heteroatoms. The molecule has 1 aromatic rings. The van der Waals surface area contributed by atoms with Crippen LogP contribution in [-0.2, 0) is 4.79 Å². The van der Waals surface area contributed by atoms with Gasteiger partial charge >= 0.3 is 18.1 Å². The van der Waals surface area contributed by atoms with Crippen LogP contribution in [0.25, 0.3) is 0 Å². The molecule has 1 heterocycles. The second kappa shape index (κ2) is 8.78. The van der Waals surface area contributed by atoms with Crippen molar-refractivity contribution < 1.29 is 19.2 Å². The molecule has 134 valence electrons. The van der Waals surface area contributed by atoms with E-state index < -0.39 is 24.6 Å². The van der Waals surface area contributed by atoms with Gasteiger partial charge in [0.05, 0.1) is 12.2 Å². The van der Waals surface area contributed by atoms with Gasteiger partial charge in [0, 0.05) is 33.2 Å². The number of carbonyl (C=O) groups is 4. The molecule has 0 unspecified atom stereocenters. The van der Waals surface area contributed by atoms with E-state index in [4.69, 9.17) is 0 Å². The summed E-state index contributed by atoms with van der Waals surface area (Å²) in [6.45, 7) is 1.69. The summed E-state index contributed by atoms with van der Waals surface area (Å²) in [7, 11) is 1.35. The molecule has 0 aliphatic carbocycles. The van der Waals surface area contributed by atoms with Crippen molar-refractivity contribution >= 4 is 30.1 Å². The summed E-state index contributed by atoms with van der Waals surface area (Å²) >= 11 is 0. The third kappa shape index (κ3) is 4.32. The summed E-state index contributed by atoms with van der Waals surface area (Å²) in [4.78, 5) is 51.8. The Morgan fingerprint density at radius 2 is 1.84 bits per heavy atom. The second-order valence-electron chi connectivity index (χ2n) is 5.31. The van der Waals surface area contributed by atoms with E-state index in [2.05, 4.69) is 10.6 Å². The lowest BCUT2D eigenvalue weighted by Gasteiger charge is -2.34. The van der Waals surface area contributed by atoms with Crippen LogP contribution in [0.1, 0.15) is 0 Å². The first-order valence-electron chi connectivity index (χ1n) is 7.91. The number of anilines is 1. The molecule has 2 rings (SSSR count). The van der Waals surface area contributed by atoms with E-state index in [1.807, 2.05) is 0 Å². The van der Waals surface area contributed by atoms with E-state index >= 15 is 0 Å². The molecule has 2 N–H and O–H groups in total. The predicted octanol–water partition coefficient (Wildman–Crippen LogP) is 0.479. The van der Waals surface area contributed by atoms with E-state index in [0.717, 1.165) is 4.90 Å².